The van der Waals surface area contributed by atoms with E-state index in [2.05, 4.69) is 11.4 Å². The molecular weight excluding hydrogens is 248 g/mol. The van der Waals surface area contributed by atoms with Gasteiger partial charge in [-0.2, -0.15) is 0 Å². The van der Waals surface area contributed by atoms with Gasteiger partial charge in [-0.1, -0.05) is 6.07 Å². The third-order valence-corrected chi connectivity index (χ3v) is 5.68. The Bertz CT molecular complexity index is 568. The van der Waals surface area contributed by atoms with Gasteiger partial charge in [-0.3, -0.25) is 0 Å². The molecule has 1 aliphatic heterocycles. The predicted molar refractivity (Wildman–Crippen MR) is 72.1 cm³/mol. The number of hydrogen-bond acceptors (Lipinski definition) is 4. The number of anilines is 1. The van der Waals surface area contributed by atoms with Gasteiger partial charge in [0.15, 0.2) is 9.84 Å². The molecule has 3 rings (SSSR count). The van der Waals surface area contributed by atoms with Crippen molar-refractivity contribution in [2.24, 2.45) is 0 Å². The van der Waals surface area contributed by atoms with Gasteiger partial charge in [0.2, 0.25) is 0 Å². The van der Waals surface area contributed by atoms with Crippen molar-refractivity contribution in [3.8, 4) is 0 Å². The summed E-state index contributed by atoms with van der Waals surface area (Å²) in [5.41, 5.74) is 9.16. The van der Waals surface area contributed by atoms with E-state index in [-0.39, 0.29) is 11.8 Å². The second-order valence-electron chi connectivity index (χ2n) is 5.32. The zero-order chi connectivity index (χ0) is 12.8. The number of nitrogen functional groups attached to an aromatic ring is 1. The summed E-state index contributed by atoms with van der Waals surface area (Å²) in [6, 6.07) is 6.42. The Morgan fingerprint density at radius 3 is 2.83 bits per heavy atom. The van der Waals surface area contributed by atoms with Gasteiger partial charge in [0.25, 0.3) is 0 Å². The van der Waals surface area contributed by atoms with Crippen molar-refractivity contribution in [3.63, 3.8) is 0 Å². The van der Waals surface area contributed by atoms with Crippen LogP contribution < -0.4 is 11.1 Å². The molecule has 4 nitrogen and oxygen atoms in total. The average molecular weight is 266 g/mol. The minimum absolute atomic E-state index is 0.114. The van der Waals surface area contributed by atoms with Gasteiger partial charge in [0.05, 0.1) is 11.5 Å². The summed E-state index contributed by atoms with van der Waals surface area (Å²) in [5.74, 6) is 0.611. The number of nitrogens with one attached hydrogen (secondary N) is 1. The van der Waals surface area contributed by atoms with Crippen molar-refractivity contribution in [1.82, 2.24) is 5.32 Å². The molecular formula is C13H18N2O2S. The number of benzene rings is 1. The van der Waals surface area contributed by atoms with Crippen LogP contribution in [0.5, 0.6) is 0 Å². The van der Waals surface area contributed by atoms with Crippen LogP contribution in [0.15, 0.2) is 18.2 Å². The highest BCUT2D eigenvalue weighted by Crippen LogP contribution is 2.33. The van der Waals surface area contributed by atoms with Gasteiger partial charge in [0, 0.05) is 17.8 Å². The van der Waals surface area contributed by atoms with Crippen LogP contribution in [0.3, 0.4) is 0 Å². The van der Waals surface area contributed by atoms with Crippen molar-refractivity contribution >= 4 is 15.5 Å². The molecule has 98 valence electrons. The molecule has 1 saturated heterocycles. The van der Waals surface area contributed by atoms with Crippen molar-refractivity contribution in [2.75, 3.05) is 17.2 Å². The quantitative estimate of drug-likeness (QED) is 0.784. The molecule has 1 aromatic carbocycles. The molecule has 2 atom stereocenters. The molecule has 3 N–H and O–H groups in total. The van der Waals surface area contributed by atoms with E-state index in [1.807, 2.05) is 12.1 Å². The first kappa shape index (κ1) is 12.0. The Labute approximate surface area is 107 Å². The first-order chi connectivity index (χ1) is 8.53. The van der Waals surface area contributed by atoms with Crippen LogP contribution in [0.2, 0.25) is 0 Å². The fraction of sp³-hybridized carbons (Fsp3) is 0.538. The Kier molecular flexibility index (Phi) is 2.83. The van der Waals surface area contributed by atoms with Crippen molar-refractivity contribution in [3.05, 3.63) is 29.3 Å². The Hall–Kier alpha value is -1.07. The van der Waals surface area contributed by atoms with Crippen LogP contribution >= 0.6 is 0 Å². The second kappa shape index (κ2) is 4.24. The maximum atomic E-state index is 11.4. The second-order valence-corrected chi connectivity index (χ2v) is 7.54. The molecule has 2 aliphatic rings. The molecule has 1 aromatic rings. The summed E-state index contributed by atoms with van der Waals surface area (Å²) >= 11 is 0. The lowest BCUT2D eigenvalue weighted by atomic mass is 10.1. The van der Waals surface area contributed by atoms with E-state index < -0.39 is 9.84 Å². The van der Waals surface area contributed by atoms with E-state index in [9.17, 15) is 8.42 Å². The largest absolute Gasteiger partial charge is 0.399 e. The summed E-state index contributed by atoms with van der Waals surface area (Å²) in [7, 11) is -2.80. The van der Waals surface area contributed by atoms with E-state index in [0.717, 1.165) is 24.9 Å². The van der Waals surface area contributed by atoms with Crippen molar-refractivity contribution in [2.45, 2.75) is 31.3 Å². The maximum Gasteiger partial charge on any atom is 0.151 e. The molecule has 0 bridgehead atoms. The maximum absolute atomic E-state index is 11.4. The van der Waals surface area contributed by atoms with E-state index >= 15 is 0 Å². The van der Waals surface area contributed by atoms with Crippen LogP contribution in [0.25, 0.3) is 0 Å². The topological polar surface area (TPSA) is 72.2 Å². The van der Waals surface area contributed by atoms with Crippen LogP contribution in [0.1, 0.15) is 30.0 Å². The zero-order valence-electron chi connectivity index (χ0n) is 10.2. The first-order valence-corrected chi connectivity index (χ1v) is 8.20. The molecule has 0 radical (unpaired) electrons. The lowest BCUT2D eigenvalue weighted by molar-refractivity contribution is 0.458. The first-order valence-electron chi connectivity index (χ1n) is 6.38. The molecule has 0 aromatic heterocycles. The van der Waals surface area contributed by atoms with Gasteiger partial charge >= 0.3 is 0 Å². The molecule has 0 spiro atoms. The fourth-order valence-corrected chi connectivity index (χ4v) is 4.71. The molecule has 0 amide bonds. The molecule has 5 heteroatoms. The third kappa shape index (κ3) is 2.24. The zero-order valence-corrected chi connectivity index (χ0v) is 11.0. The van der Waals surface area contributed by atoms with Crippen LogP contribution in [0, 0.1) is 0 Å². The SMILES string of the molecule is Nc1ccc2c(c1)CCC2NC1CCS(=O)(=O)C1. The highest BCUT2D eigenvalue weighted by Gasteiger charge is 2.31. The summed E-state index contributed by atoms with van der Waals surface area (Å²) in [6.45, 7) is 0. The summed E-state index contributed by atoms with van der Waals surface area (Å²) in [4.78, 5) is 0. The highest BCUT2D eigenvalue weighted by molar-refractivity contribution is 7.91. The predicted octanol–water partition coefficient (Wildman–Crippen LogP) is 1.03. The van der Waals surface area contributed by atoms with Gasteiger partial charge in [0.1, 0.15) is 0 Å². The molecule has 1 fully saturated rings. The lowest BCUT2D eigenvalue weighted by Crippen LogP contribution is -2.32. The monoisotopic (exact) mass is 266 g/mol. The fourth-order valence-electron chi connectivity index (χ4n) is 3.02. The normalized spacial score (nSPS) is 29.3. The van der Waals surface area contributed by atoms with Gasteiger partial charge in [-0.05, 0) is 42.5 Å². The Morgan fingerprint density at radius 1 is 1.28 bits per heavy atom. The van der Waals surface area contributed by atoms with Crippen LogP contribution in [-0.4, -0.2) is 26.0 Å². The van der Waals surface area contributed by atoms with Crippen LogP contribution in [-0.2, 0) is 16.3 Å². The lowest BCUT2D eigenvalue weighted by Gasteiger charge is -2.18. The molecule has 1 aliphatic carbocycles. The van der Waals surface area contributed by atoms with E-state index in [4.69, 9.17) is 5.73 Å². The summed E-state index contributed by atoms with van der Waals surface area (Å²) < 4.78 is 22.9. The molecule has 18 heavy (non-hydrogen) atoms. The van der Waals surface area contributed by atoms with Gasteiger partial charge in [-0.15, -0.1) is 0 Å². The van der Waals surface area contributed by atoms with E-state index in [1.54, 1.807) is 0 Å². The van der Waals surface area contributed by atoms with Crippen molar-refractivity contribution in [1.29, 1.82) is 0 Å². The van der Waals surface area contributed by atoms with Gasteiger partial charge < -0.3 is 11.1 Å². The number of aryl methyl sites for hydroxylation is 1. The number of rotatable bonds is 2. The number of hydrogen-bond donors (Lipinski definition) is 2. The minimum atomic E-state index is -2.80. The number of sulfone groups is 1. The standard InChI is InChI=1S/C13H18N2O2S/c14-10-2-3-12-9(7-10)1-4-13(12)15-11-5-6-18(16,17)8-11/h2-3,7,11,13,15H,1,4-6,8,14H2. The van der Waals surface area contributed by atoms with E-state index in [1.165, 1.54) is 11.1 Å². The minimum Gasteiger partial charge on any atom is -0.399 e. The Morgan fingerprint density at radius 2 is 2.11 bits per heavy atom. The average Bonchev–Trinajstić information content (AvgIpc) is 2.83. The number of nitrogens with two attached hydrogens (primary N) is 1. The van der Waals surface area contributed by atoms with Crippen LogP contribution in [0.4, 0.5) is 5.69 Å². The molecule has 1 heterocycles. The summed E-state index contributed by atoms with van der Waals surface area (Å²) in [6.07, 6.45) is 2.80. The summed E-state index contributed by atoms with van der Waals surface area (Å²) in [5, 5.41) is 3.49. The van der Waals surface area contributed by atoms with Crippen molar-refractivity contribution < 1.29 is 8.42 Å². The number of fused-ring (bicyclic) bond motifs is 1. The smallest absolute Gasteiger partial charge is 0.151 e. The highest BCUT2D eigenvalue weighted by atomic mass is 32.2. The van der Waals surface area contributed by atoms with E-state index in [0.29, 0.717) is 11.8 Å². The van der Waals surface area contributed by atoms with Gasteiger partial charge in [-0.25, -0.2) is 8.42 Å². The Balaban J connectivity index is 1.74. The molecule has 2 unspecified atom stereocenters. The third-order valence-electron chi connectivity index (χ3n) is 3.91. The molecule has 0 saturated carbocycles.